The zero-order valence-corrected chi connectivity index (χ0v) is 11.8. The zero-order chi connectivity index (χ0) is 13.1. The molecule has 0 aliphatic heterocycles. The summed E-state index contributed by atoms with van der Waals surface area (Å²) in [6, 6.07) is 5.54. The molecule has 1 N–H and O–H groups in total. The Balaban J connectivity index is 1.89. The fourth-order valence-electron chi connectivity index (χ4n) is 2.53. The third kappa shape index (κ3) is 3.46. The SMILES string of the molecule is CC(C)NCC1CCC1Cc1ccc(Cl)cc1F. The molecule has 2 rings (SSSR count). The smallest absolute Gasteiger partial charge is 0.127 e. The second-order valence-corrected chi connectivity index (χ2v) is 6.04. The standard InChI is InChI=1S/C15H21ClFN/c1-10(2)18-9-13-4-3-11(13)7-12-5-6-14(16)8-15(12)17/h5-6,8,10-11,13,18H,3-4,7,9H2,1-2H3. The average Bonchev–Trinajstić information content (AvgIpc) is 2.26. The van der Waals surface area contributed by atoms with Crippen LogP contribution in [0.25, 0.3) is 0 Å². The normalized spacial score (nSPS) is 23.2. The minimum atomic E-state index is -0.162. The van der Waals surface area contributed by atoms with Crippen LogP contribution in [0.3, 0.4) is 0 Å². The highest BCUT2D eigenvalue weighted by atomic mass is 35.5. The van der Waals surface area contributed by atoms with Gasteiger partial charge in [0.05, 0.1) is 0 Å². The molecular weight excluding hydrogens is 249 g/mol. The van der Waals surface area contributed by atoms with Crippen molar-refractivity contribution in [2.45, 2.75) is 39.2 Å². The second-order valence-electron chi connectivity index (χ2n) is 5.60. The van der Waals surface area contributed by atoms with E-state index in [9.17, 15) is 4.39 Å². The summed E-state index contributed by atoms with van der Waals surface area (Å²) in [5, 5.41) is 3.95. The summed E-state index contributed by atoms with van der Waals surface area (Å²) < 4.78 is 13.7. The molecule has 1 aliphatic rings. The summed E-state index contributed by atoms with van der Waals surface area (Å²) in [6.45, 7) is 5.37. The molecule has 0 heterocycles. The van der Waals surface area contributed by atoms with Crippen molar-refractivity contribution in [1.82, 2.24) is 5.32 Å². The Kier molecular flexibility index (Phi) is 4.63. The van der Waals surface area contributed by atoms with Crippen molar-refractivity contribution in [3.63, 3.8) is 0 Å². The maximum atomic E-state index is 13.7. The molecule has 1 nitrogen and oxygen atoms in total. The first-order valence-corrected chi connectivity index (χ1v) is 7.11. The molecule has 0 aromatic heterocycles. The van der Waals surface area contributed by atoms with Gasteiger partial charge in [-0.05, 0) is 55.3 Å². The van der Waals surface area contributed by atoms with Crippen LogP contribution < -0.4 is 5.32 Å². The molecule has 2 unspecified atom stereocenters. The van der Waals surface area contributed by atoms with Gasteiger partial charge in [0.15, 0.2) is 0 Å². The molecule has 1 aliphatic carbocycles. The molecule has 1 aromatic rings. The van der Waals surface area contributed by atoms with Crippen molar-refractivity contribution < 1.29 is 4.39 Å². The predicted molar refractivity (Wildman–Crippen MR) is 74.5 cm³/mol. The van der Waals surface area contributed by atoms with Gasteiger partial charge < -0.3 is 5.32 Å². The Morgan fingerprint density at radius 2 is 2.06 bits per heavy atom. The highest BCUT2D eigenvalue weighted by Gasteiger charge is 2.31. The zero-order valence-electron chi connectivity index (χ0n) is 11.0. The number of rotatable bonds is 5. The van der Waals surface area contributed by atoms with Gasteiger partial charge in [0.2, 0.25) is 0 Å². The van der Waals surface area contributed by atoms with Crippen LogP contribution in [0.2, 0.25) is 5.02 Å². The van der Waals surface area contributed by atoms with E-state index in [1.165, 1.54) is 18.9 Å². The average molecular weight is 270 g/mol. The van der Waals surface area contributed by atoms with E-state index in [2.05, 4.69) is 19.2 Å². The summed E-state index contributed by atoms with van der Waals surface area (Å²) in [4.78, 5) is 0. The number of hydrogen-bond acceptors (Lipinski definition) is 1. The van der Waals surface area contributed by atoms with E-state index in [0.717, 1.165) is 18.5 Å². The van der Waals surface area contributed by atoms with Crippen molar-refractivity contribution in [2.24, 2.45) is 11.8 Å². The van der Waals surface area contributed by atoms with Gasteiger partial charge in [-0.1, -0.05) is 31.5 Å². The van der Waals surface area contributed by atoms with E-state index in [0.29, 0.717) is 22.9 Å². The van der Waals surface area contributed by atoms with E-state index in [1.807, 2.05) is 6.07 Å². The van der Waals surface area contributed by atoms with Gasteiger partial charge in [-0.3, -0.25) is 0 Å². The van der Waals surface area contributed by atoms with Gasteiger partial charge in [0, 0.05) is 11.1 Å². The summed E-state index contributed by atoms with van der Waals surface area (Å²) >= 11 is 5.76. The first kappa shape index (κ1) is 13.8. The highest BCUT2D eigenvalue weighted by molar-refractivity contribution is 6.30. The molecule has 3 heteroatoms. The van der Waals surface area contributed by atoms with E-state index < -0.39 is 0 Å². The maximum absolute atomic E-state index is 13.7. The fraction of sp³-hybridized carbons (Fsp3) is 0.600. The lowest BCUT2D eigenvalue weighted by Crippen LogP contribution is -2.38. The van der Waals surface area contributed by atoms with Crippen molar-refractivity contribution in [2.75, 3.05) is 6.54 Å². The Labute approximate surface area is 114 Å². The summed E-state index contributed by atoms with van der Waals surface area (Å²) in [5.74, 6) is 1.15. The van der Waals surface area contributed by atoms with Crippen LogP contribution in [0.1, 0.15) is 32.3 Å². The largest absolute Gasteiger partial charge is 0.314 e. The van der Waals surface area contributed by atoms with E-state index in [4.69, 9.17) is 11.6 Å². The lowest BCUT2D eigenvalue weighted by Gasteiger charge is -2.37. The van der Waals surface area contributed by atoms with Crippen molar-refractivity contribution >= 4 is 11.6 Å². The lowest BCUT2D eigenvalue weighted by atomic mass is 9.70. The van der Waals surface area contributed by atoms with Gasteiger partial charge >= 0.3 is 0 Å². The van der Waals surface area contributed by atoms with Gasteiger partial charge in [-0.2, -0.15) is 0 Å². The Bertz CT molecular complexity index is 405. The number of benzene rings is 1. The molecule has 2 atom stereocenters. The highest BCUT2D eigenvalue weighted by Crippen LogP contribution is 2.37. The molecule has 0 spiro atoms. The third-order valence-electron chi connectivity index (χ3n) is 3.86. The van der Waals surface area contributed by atoms with Crippen LogP contribution in [-0.4, -0.2) is 12.6 Å². The van der Waals surface area contributed by atoms with Crippen molar-refractivity contribution in [1.29, 1.82) is 0 Å². The summed E-state index contributed by atoms with van der Waals surface area (Å²) in [5.41, 5.74) is 0.804. The molecule has 1 saturated carbocycles. The van der Waals surface area contributed by atoms with E-state index in [-0.39, 0.29) is 5.82 Å². The topological polar surface area (TPSA) is 12.0 Å². The molecule has 1 fully saturated rings. The molecule has 0 radical (unpaired) electrons. The second kappa shape index (κ2) is 6.03. The van der Waals surface area contributed by atoms with Crippen molar-refractivity contribution in [3.8, 4) is 0 Å². The lowest BCUT2D eigenvalue weighted by molar-refractivity contribution is 0.166. The molecule has 0 amide bonds. The Morgan fingerprint density at radius 3 is 2.61 bits per heavy atom. The van der Waals surface area contributed by atoms with Gasteiger partial charge in [-0.15, -0.1) is 0 Å². The first-order chi connectivity index (χ1) is 8.56. The quantitative estimate of drug-likeness (QED) is 0.850. The number of hydrogen-bond donors (Lipinski definition) is 1. The third-order valence-corrected chi connectivity index (χ3v) is 4.10. The van der Waals surface area contributed by atoms with Gasteiger partial charge in [0.25, 0.3) is 0 Å². The number of nitrogens with one attached hydrogen (secondary N) is 1. The van der Waals surface area contributed by atoms with Gasteiger partial charge in [-0.25, -0.2) is 4.39 Å². The van der Waals surface area contributed by atoms with E-state index >= 15 is 0 Å². The van der Waals surface area contributed by atoms with Crippen molar-refractivity contribution in [3.05, 3.63) is 34.6 Å². The van der Waals surface area contributed by atoms with E-state index in [1.54, 1.807) is 6.07 Å². The molecule has 0 bridgehead atoms. The molecule has 18 heavy (non-hydrogen) atoms. The van der Waals surface area contributed by atoms with Crippen LogP contribution in [0.5, 0.6) is 0 Å². The first-order valence-electron chi connectivity index (χ1n) is 6.73. The molecule has 1 aromatic carbocycles. The maximum Gasteiger partial charge on any atom is 0.127 e. The summed E-state index contributed by atoms with van der Waals surface area (Å²) in [6.07, 6.45) is 3.32. The minimum absolute atomic E-state index is 0.162. The summed E-state index contributed by atoms with van der Waals surface area (Å²) in [7, 11) is 0. The van der Waals surface area contributed by atoms with Crippen LogP contribution in [0.15, 0.2) is 18.2 Å². The minimum Gasteiger partial charge on any atom is -0.314 e. The molecular formula is C15H21ClFN. The van der Waals surface area contributed by atoms with Gasteiger partial charge in [0.1, 0.15) is 5.82 Å². The van der Waals surface area contributed by atoms with Crippen LogP contribution in [0, 0.1) is 17.7 Å². The van der Waals surface area contributed by atoms with Crippen LogP contribution in [0.4, 0.5) is 4.39 Å². The number of halogens is 2. The molecule has 100 valence electrons. The fourth-order valence-corrected chi connectivity index (χ4v) is 2.69. The Hall–Kier alpha value is -0.600. The monoisotopic (exact) mass is 269 g/mol. The predicted octanol–water partition coefficient (Wildman–Crippen LogP) is 4.05. The van der Waals surface area contributed by atoms with Crippen LogP contribution >= 0.6 is 11.6 Å². The molecule has 0 saturated heterocycles. The Morgan fingerprint density at radius 1 is 1.33 bits per heavy atom. The van der Waals surface area contributed by atoms with Crippen LogP contribution in [-0.2, 0) is 6.42 Å².